The van der Waals surface area contributed by atoms with Crippen LogP contribution in [-0.2, 0) is 11.2 Å². The highest BCUT2D eigenvalue weighted by Gasteiger charge is 2.24. The molecule has 4 nitrogen and oxygen atoms in total. The summed E-state index contributed by atoms with van der Waals surface area (Å²) in [5, 5.41) is 14.3. The normalized spacial score (nSPS) is 16.7. The highest BCUT2D eigenvalue weighted by molar-refractivity contribution is 7.14. The van der Waals surface area contributed by atoms with Crippen molar-refractivity contribution in [3.63, 3.8) is 0 Å². The molecule has 1 N–H and O–H groups in total. The number of nitrogens with one attached hydrogen (secondary N) is 1. The number of carbonyl (C=O) groups excluding carboxylic acids is 1. The van der Waals surface area contributed by atoms with Gasteiger partial charge in [0.2, 0.25) is 5.91 Å². The van der Waals surface area contributed by atoms with Crippen molar-refractivity contribution in [2.75, 3.05) is 16.8 Å². The Labute approximate surface area is 134 Å². The van der Waals surface area contributed by atoms with E-state index in [1.54, 1.807) is 6.07 Å². The molecule has 0 fully saturated rings. The lowest BCUT2D eigenvalue weighted by Gasteiger charge is -2.36. The molecule has 1 amide bonds. The van der Waals surface area contributed by atoms with Crippen LogP contribution in [0.25, 0.3) is 0 Å². The molecule has 1 aliphatic heterocycles. The number of para-hydroxylation sites is 1. The molecule has 2 heterocycles. The summed E-state index contributed by atoms with van der Waals surface area (Å²) in [6, 6.07) is 12.4. The second-order valence-electron chi connectivity index (χ2n) is 5.47. The molecule has 22 heavy (non-hydrogen) atoms. The van der Waals surface area contributed by atoms with Crippen LogP contribution in [0.5, 0.6) is 0 Å². The number of nitrogens with zero attached hydrogens (tertiary/aromatic N) is 2. The van der Waals surface area contributed by atoms with E-state index in [1.807, 2.05) is 17.5 Å². The number of nitriles is 1. The number of carbonyl (C=O) groups is 1. The SMILES string of the molecule is C[C@H]1CCc2ccccc2N1CC(=O)Nc1sccc1C#N. The Hall–Kier alpha value is -2.32. The van der Waals surface area contributed by atoms with E-state index in [-0.39, 0.29) is 5.91 Å². The van der Waals surface area contributed by atoms with Gasteiger partial charge in [0, 0.05) is 11.7 Å². The van der Waals surface area contributed by atoms with Crippen LogP contribution in [0.3, 0.4) is 0 Å². The van der Waals surface area contributed by atoms with Crippen LogP contribution in [0.2, 0.25) is 0 Å². The maximum Gasteiger partial charge on any atom is 0.244 e. The number of fused-ring (bicyclic) bond motifs is 1. The maximum atomic E-state index is 12.3. The largest absolute Gasteiger partial charge is 0.359 e. The lowest BCUT2D eigenvalue weighted by molar-refractivity contribution is -0.115. The Bertz CT molecular complexity index is 732. The number of thiophene rings is 1. The van der Waals surface area contributed by atoms with Crippen molar-refractivity contribution in [1.29, 1.82) is 5.26 Å². The minimum absolute atomic E-state index is 0.0810. The van der Waals surface area contributed by atoms with Crippen molar-refractivity contribution in [1.82, 2.24) is 0 Å². The number of amides is 1. The Morgan fingerprint density at radius 3 is 3.09 bits per heavy atom. The molecule has 112 valence electrons. The van der Waals surface area contributed by atoms with Crippen LogP contribution in [-0.4, -0.2) is 18.5 Å². The summed E-state index contributed by atoms with van der Waals surface area (Å²) in [6.07, 6.45) is 2.10. The van der Waals surface area contributed by atoms with Gasteiger partial charge in [0.1, 0.15) is 11.1 Å². The number of rotatable bonds is 3. The van der Waals surface area contributed by atoms with Gasteiger partial charge in [-0.05, 0) is 42.8 Å². The molecule has 1 aromatic carbocycles. The van der Waals surface area contributed by atoms with Crippen LogP contribution in [0.15, 0.2) is 35.7 Å². The first kappa shape index (κ1) is 14.6. The molecule has 0 saturated heterocycles. The van der Waals surface area contributed by atoms with Gasteiger partial charge in [-0.15, -0.1) is 11.3 Å². The molecule has 0 unspecified atom stereocenters. The molecular weight excluding hydrogens is 294 g/mol. The van der Waals surface area contributed by atoms with E-state index < -0.39 is 0 Å². The van der Waals surface area contributed by atoms with E-state index in [2.05, 4.69) is 35.3 Å². The lowest BCUT2D eigenvalue weighted by atomic mass is 9.97. The summed E-state index contributed by atoms with van der Waals surface area (Å²) in [5.74, 6) is -0.0810. The van der Waals surface area contributed by atoms with E-state index in [1.165, 1.54) is 16.9 Å². The molecule has 0 saturated carbocycles. The molecule has 1 aliphatic rings. The standard InChI is InChI=1S/C17H17N3OS/c1-12-6-7-13-4-2-3-5-15(13)20(12)11-16(21)19-17-14(10-18)8-9-22-17/h2-5,8-9,12H,6-7,11H2,1H3,(H,19,21)/t12-/m0/s1. The van der Waals surface area contributed by atoms with Crippen molar-refractivity contribution in [2.45, 2.75) is 25.8 Å². The molecule has 2 aromatic rings. The molecule has 1 aromatic heterocycles. The van der Waals surface area contributed by atoms with Gasteiger partial charge in [-0.3, -0.25) is 4.79 Å². The number of hydrogen-bond donors (Lipinski definition) is 1. The fraction of sp³-hybridized carbons (Fsp3) is 0.294. The smallest absolute Gasteiger partial charge is 0.244 e. The van der Waals surface area contributed by atoms with Gasteiger partial charge in [-0.25, -0.2) is 0 Å². The van der Waals surface area contributed by atoms with E-state index in [0.717, 1.165) is 18.5 Å². The molecule has 5 heteroatoms. The highest BCUT2D eigenvalue weighted by Crippen LogP contribution is 2.30. The van der Waals surface area contributed by atoms with Gasteiger partial charge in [-0.1, -0.05) is 18.2 Å². The van der Waals surface area contributed by atoms with Gasteiger partial charge in [0.25, 0.3) is 0 Å². The Morgan fingerprint density at radius 1 is 1.45 bits per heavy atom. The average Bonchev–Trinajstić information content (AvgIpc) is 2.97. The zero-order valence-corrected chi connectivity index (χ0v) is 13.2. The van der Waals surface area contributed by atoms with Crippen molar-refractivity contribution >= 4 is 27.9 Å². The van der Waals surface area contributed by atoms with Crippen molar-refractivity contribution in [3.8, 4) is 6.07 Å². The van der Waals surface area contributed by atoms with Crippen molar-refractivity contribution in [3.05, 3.63) is 46.8 Å². The third-order valence-electron chi connectivity index (χ3n) is 4.02. The predicted molar refractivity (Wildman–Crippen MR) is 89.2 cm³/mol. The number of aryl methyl sites for hydroxylation is 1. The first-order valence-electron chi connectivity index (χ1n) is 7.31. The maximum absolute atomic E-state index is 12.3. The number of anilines is 2. The quantitative estimate of drug-likeness (QED) is 0.945. The molecule has 1 atom stereocenters. The summed E-state index contributed by atoms with van der Waals surface area (Å²) in [6.45, 7) is 2.45. The number of hydrogen-bond acceptors (Lipinski definition) is 4. The van der Waals surface area contributed by atoms with Crippen LogP contribution in [0.1, 0.15) is 24.5 Å². The van der Waals surface area contributed by atoms with Crippen LogP contribution in [0.4, 0.5) is 10.7 Å². The Balaban J connectivity index is 1.75. The van der Waals surface area contributed by atoms with Gasteiger partial charge >= 0.3 is 0 Å². The van der Waals surface area contributed by atoms with Crippen molar-refractivity contribution in [2.24, 2.45) is 0 Å². The van der Waals surface area contributed by atoms with Crippen LogP contribution < -0.4 is 10.2 Å². The van der Waals surface area contributed by atoms with E-state index >= 15 is 0 Å². The van der Waals surface area contributed by atoms with Gasteiger partial charge in [0.05, 0.1) is 12.1 Å². The Morgan fingerprint density at radius 2 is 2.27 bits per heavy atom. The summed E-state index contributed by atoms with van der Waals surface area (Å²) < 4.78 is 0. The van der Waals surface area contributed by atoms with Crippen LogP contribution in [0, 0.1) is 11.3 Å². The summed E-state index contributed by atoms with van der Waals surface area (Å²) >= 11 is 1.38. The second kappa shape index (κ2) is 6.20. The van der Waals surface area contributed by atoms with E-state index in [0.29, 0.717) is 23.2 Å². The second-order valence-corrected chi connectivity index (χ2v) is 6.38. The molecule has 0 spiro atoms. The average molecular weight is 311 g/mol. The molecule has 0 aliphatic carbocycles. The summed E-state index contributed by atoms with van der Waals surface area (Å²) in [7, 11) is 0. The number of benzene rings is 1. The third-order valence-corrected chi connectivity index (χ3v) is 4.85. The minimum atomic E-state index is -0.0810. The van der Waals surface area contributed by atoms with Crippen LogP contribution >= 0.6 is 11.3 Å². The van der Waals surface area contributed by atoms with E-state index in [4.69, 9.17) is 5.26 Å². The zero-order valence-electron chi connectivity index (χ0n) is 12.4. The first-order valence-corrected chi connectivity index (χ1v) is 8.19. The third kappa shape index (κ3) is 2.83. The Kier molecular flexibility index (Phi) is 4.12. The molecule has 0 bridgehead atoms. The predicted octanol–water partition coefficient (Wildman–Crippen LogP) is 3.40. The first-order chi connectivity index (χ1) is 10.7. The fourth-order valence-corrected chi connectivity index (χ4v) is 3.57. The summed E-state index contributed by atoms with van der Waals surface area (Å²) in [4.78, 5) is 14.5. The van der Waals surface area contributed by atoms with Crippen molar-refractivity contribution < 1.29 is 4.79 Å². The molecule has 3 rings (SSSR count). The topological polar surface area (TPSA) is 56.1 Å². The molecule has 0 radical (unpaired) electrons. The monoisotopic (exact) mass is 311 g/mol. The summed E-state index contributed by atoms with van der Waals surface area (Å²) in [5.41, 5.74) is 2.95. The fourth-order valence-electron chi connectivity index (χ4n) is 2.82. The van der Waals surface area contributed by atoms with Gasteiger partial charge in [0.15, 0.2) is 0 Å². The van der Waals surface area contributed by atoms with Gasteiger partial charge < -0.3 is 10.2 Å². The lowest BCUT2D eigenvalue weighted by Crippen LogP contribution is -2.42. The minimum Gasteiger partial charge on any atom is -0.359 e. The molecular formula is C17H17N3OS. The van der Waals surface area contributed by atoms with Gasteiger partial charge in [-0.2, -0.15) is 5.26 Å². The zero-order chi connectivity index (χ0) is 15.5. The van der Waals surface area contributed by atoms with E-state index in [9.17, 15) is 4.79 Å². The highest BCUT2D eigenvalue weighted by atomic mass is 32.1.